The lowest BCUT2D eigenvalue weighted by Gasteiger charge is -2.15. The summed E-state index contributed by atoms with van der Waals surface area (Å²) in [5, 5.41) is 2.49. The van der Waals surface area contributed by atoms with E-state index in [4.69, 9.17) is 0 Å². The Balaban J connectivity index is 1.92. The third-order valence-corrected chi connectivity index (χ3v) is 3.52. The second-order valence-electron chi connectivity index (χ2n) is 4.56. The Kier molecular flexibility index (Phi) is 2.43. The van der Waals surface area contributed by atoms with Crippen LogP contribution in [0.25, 0.3) is 0 Å². The smallest absolute Gasteiger partial charge is 0.326 e. The minimum atomic E-state index is -0.563. The molecule has 98 valence electrons. The molecule has 1 aromatic rings. The molecule has 1 aromatic carbocycles. The summed E-state index contributed by atoms with van der Waals surface area (Å²) in [5.74, 6) is -1.22. The Morgan fingerprint density at radius 1 is 1.16 bits per heavy atom. The molecular formula is C13H12N2O4. The van der Waals surface area contributed by atoms with Crippen molar-refractivity contribution in [1.29, 1.82) is 0 Å². The highest BCUT2D eigenvalue weighted by molar-refractivity contribution is 6.21. The first-order chi connectivity index (χ1) is 9.07. The number of hydrogen-bond acceptors (Lipinski definition) is 5. The van der Waals surface area contributed by atoms with Crippen molar-refractivity contribution in [1.82, 2.24) is 10.0 Å². The fourth-order valence-corrected chi connectivity index (χ4v) is 2.45. The van der Waals surface area contributed by atoms with Gasteiger partial charge in [0.25, 0.3) is 11.8 Å². The van der Waals surface area contributed by atoms with Crippen molar-refractivity contribution >= 4 is 17.8 Å². The van der Waals surface area contributed by atoms with E-state index in [1.165, 1.54) is 12.1 Å². The lowest BCUT2D eigenvalue weighted by atomic mass is 10.1. The molecule has 0 spiro atoms. The minimum Gasteiger partial charge on any atom is -0.468 e. The van der Waals surface area contributed by atoms with E-state index in [1.807, 2.05) is 0 Å². The van der Waals surface area contributed by atoms with Crippen LogP contribution in [0.2, 0.25) is 0 Å². The normalized spacial score (nSPS) is 28.3. The Morgan fingerprint density at radius 2 is 1.68 bits per heavy atom. The molecule has 0 bridgehead atoms. The number of fused-ring (bicyclic) bond motifs is 1. The summed E-state index contributed by atoms with van der Waals surface area (Å²) >= 11 is 0. The maximum absolute atomic E-state index is 12.2. The molecule has 1 fully saturated rings. The Morgan fingerprint density at radius 3 is 2.16 bits per heavy atom. The summed E-state index contributed by atoms with van der Waals surface area (Å²) in [5.41, 5.74) is 0.741. The summed E-state index contributed by atoms with van der Waals surface area (Å²) < 4.78 is 4.65. The van der Waals surface area contributed by atoms with E-state index in [0.717, 1.165) is 5.01 Å². The van der Waals surface area contributed by atoms with Crippen LogP contribution in [0.5, 0.6) is 0 Å². The van der Waals surface area contributed by atoms with Crippen LogP contribution in [0.15, 0.2) is 24.3 Å². The standard InChI is InChI=1S/C13H12N2O4/c1-7-10(13(18)19-2)14(7)15-11(16)8-5-3-4-6-9(8)12(15)17/h3-7,10H,1-2H3/t7-,10+,14?/m0/s1. The van der Waals surface area contributed by atoms with Gasteiger partial charge in [-0.05, 0) is 19.1 Å². The van der Waals surface area contributed by atoms with Gasteiger partial charge in [-0.1, -0.05) is 12.1 Å². The molecule has 3 rings (SSSR count). The third kappa shape index (κ3) is 1.50. The average Bonchev–Trinajstić information content (AvgIpc) is 3.01. The molecule has 6 heteroatoms. The lowest BCUT2D eigenvalue weighted by Crippen LogP contribution is -2.38. The number of nitrogens with zero attached hydrogens (tertiary/aromatic N) is 2. The van der Waals surface area contributed by atoms with Crippen LogP contribution in [0, 0.1) is 0 Å². The number of rotatable bonds is 2. The van der Waals surface area contributed by atoms with Gasteiger partial charge >= 0.3 is 5.97 Å². The van der Waals surface area contributed by atoms with Gasteiger partial charge in [0.05, 0.1) is 24.3 Å². The van der Waals surface area contributed by atoms with Crippen LogP contribution in [0.4, 0.5) is 0 Å². The van der Waals surface area contributed by atoms with Crippen LogP contribution < -0.4 is 0 Å². The largest absolute Gasteiger partial charge is 0.468 e. The molecular weight excluding hydrogens is 248 g/mol. The molecule has 2 amide bonds. The first-order valence-corrected chi connectivity index (χ1v) is 5.92. The monoisotopic (exact) mass is 260 g/mol. The van der Waals surface area contributed by atoms with Gasteiger partial charge in [0.2, 0.25) is 0 Å². The van der Waals surface area contributed by atoms with Crippen molar-refractivity contribution in [3.05, 3.63) is 35.4 Å². The number of benzene rings is 1. The zero-order chi connectivity index (χ0) is 13.7. The number of ether oxygens (including phenoxy) is 1. The Labute approximate surface area is 109 Å². The second-order valence-corrected chi connectivity index (χ2v) is 4.56. The zero-order valence-electron chi connectivity index (χ0n) is 10.5. The number of carbonyl (C=O) groups excluding carboxylic acids is 3. The quantitative estimate of drug-likeness (QED) is 0.438. The summed E-state index contributed by atoms with van der Waals surface area (Å²) in [4.78, 5) is 35.9. The van der Waals surface area contributed by atoms with Gasteiger partial charge in [0.15, 0.2) is 0 Å². The van der Waals surface area contributed by atoms with Gasteiger partial charge in [0.1, 0.15) is 6.04 Å². The van der Waals surface area contributed by atoms with Gasteiger partial charge in [-0.2, -0.15) is 5.01 Å². The Bertz CT molecular complexity index is 563. The van der Waals surface area contributed by atoms with Crippen molar-refractivity contribution in [2.75, 3.05) is 7.11 Å². The van der Waals surface area contributed by atoms with Crippen molar-refractivity contribution in [2.45, 2.75) is 19.0 Å². The number of amides is 2. The first kappa shape index (κ1) is 11.9. The molecule has 6 nitrogen and oxygen atoms in total. The number of carbonyl (C=O) groups is 3. The summed E-state index contributed by atoms with van der Waals surface area (Å²) in [6.45, 7) is 1.77. The molecule has 0 aromatic heterocycles. The number of methoxy groups -OCH3 is 1. The predicted molar refractivity (Wildman–Crippen MR) is 64.0 cm³/mol. The van der Waals surface area contributed by atoms with Gasteiger partial charge in [0, 0.05) is 0 Å². The third-order valence-electron chi connectivity index (χ3n) is 3.52. The van der Waals surface area contributed by atoms with E-state index < -0.39 is 12.0 Å². The van der Waals surface area contributed by atoms with Crippen LogP contribution in [-0.2, 0) is 9.53 Å². The van der Waals surface area contributed by atoms with E-state index in [-0.39, 0.29) is 17.9 Å². The first-order valence-electron chi connectivity index (χ1n) is 5.92. The van der Waals surface area contributed by atoms with Crippen LogP contribution in [-0.4, -0.2) is 47.0 Å². The topological polar surface area (TPSA) is 66.7 Å². The fourth-order valence-electron chi connectivity index (χ4n) is 2.45. The van der Waals surface area contributed by atoms with Crippen molar-refractivity contribution in [2.24, 2.45) is 0 Å². The van der Waals surface area contributed by atoms with Crippen LogP contribution in [0.3, 0.4) is 0 Å². The molecule has 19 heavy (non-hydrogen) atoms. The number of imide groups is 1. The summed E-state index contributed by atoms with van der Waals surface area (Å²) in [6, 6.07) is 5.85. The number of hydrazine groups is 1. The number of esters is 1. The maximum atomic E-state index is 12.2. The molecule has 0 aliphatic carbocycles. The SMILES string of the molecule is COC(=O)[C@H]1[C@H](C)N1N1C(=O)c2ccccc2C1=O. The molecule has 1 unspecified atom stereocenters. The van der Waals surface area contributed by atoms with Gasteiger partial charge < -0.3 is 4.74 Å². The van der Waals surface area contributed by atoms with Gasteiger partial charge in [-0.3, -0.25) is 14.4 Å². The highest BCUT2D eigenvalue weighted by atomic mass is 16.5. The molecule has 0 N–H and O–H groups in total. The maximum Gasteiger partial charge on any atom is 0.326 e. The summed E-state index contributed by atoms with van der Waals surface area (Å²) in [6.07, 6.45) is 0. The van der Waals surface area contributed by atoms with Crippen LogP contribution in [0.1, 0.15) is 27.6 Å². The Hall–Kier alpha value is -2.21. The highest BCUT2D eigenvalue weighted by Crippen LogP contribution is 2.36. The minimum absolute atomic E-state index is 0.213. The van der Waals surface area contributed by atoms with Crippen molar-refractivity contribution in [3.63, 3.8) is 0 Å². The van der Waals surface area contributed by atoms with Gasteiger partial charge in [-0.15, -0.1) is 0 Å². The molecule has 3 atom stereocenters. The van der Waals surface area contributed by atoms with Gasteiger partial charge in [-0.25, -0.2) is 5.01 Å². The number of hydrogen-bond donors (Lipinski definition) is 0. The van der Waals surface area contributed by atoms with E-state index in [2.05, 4.69) is 4.74 Å². The second kappa shape index (κ2) is 3.89. The van der Waals surface area contributed by atoms with E-state index in [1.54, 1.807) is 31.2 Å². The summed E-state index contributed by atoms with van der Waals surface area (Å²) in [7, 11) is 1.29. The molecule has 0 saturated carbocycles. The molecule has 2 aliphatic rings. The lowest BCUT2D eigenvalue weighted by molar-refractivity contribution is -0.141. The van der Waals surface area contributed by atoms with Crippen molar-refractivity contribution < 1.29 is 19.1 Å². The predicted octanol–water partition coefficient (Wildman–Crippen LogP) is 0.443. The van der Waals surface area contributed by atoms with E-state index in [0.29, 0.717) is 11.1 Å². The molecule has 2 aliphatic heterocycles. The molecule has 0 radical (unpaired) electrons. The fraction of sp³-hybridized carbons (Fsp3) is 0.308. The van der Waals surface area contributed by atoms with Crippen molar-refractivity contribution in [3.8, 4) is 0 Å². The van der Waals surface area contributed by atoms with E-state index >= 15 is 0 Å². The zero-order valence-corrected chi connectivity index (χ0v) is 10.5. The van der Waals surface area contributed by atoms with Crippen LogP contribution >= 0.6 is 0 Å². The molecule has 1 saturated heterocycles. The molecule has 2 heterocycles. The van der Waals surface area contributed by atoms with E-state index in [9.17, 15) is 14.4 Å². The highest BCUT2D eigenvalue weighted by Gasteiger charge is 2.58. The average molecular weight is 260 g/mol.